The summed E-state index contributed by atoms with van der Waals surface area (Å²) in [6.07, 6.45) is 3.07. The van der Waals surface area contributed by atoms with Crippen LogP contribution in [0.1, 0.15) is 31.2 Å². The number of ketones is 1. The van der Waals surface area contributed by atoms with Crippen LogP contribution in [0.4, 0.5) is 0 Å². The molecule has 0 spiro atoms. The molecule has 0 atom stereocenters. The highest BCUT2D eigenvalue weighted by atomic mass is 16.7. The number of nitrogens with zero attached hydrogens (tertiary/aromatic N) is 1. The van der Waals surface area contributed by atoms with Crippen molar-refractivity contribution < 1.29 is 14.3 Å². The number of carbonyl (C=O) groups is 1. The second-order valence-electron chi connectivity index (χ2n) is 5.53. The van der Waals surface area contributed by atoms with Crippen LogP contribution < -0.4 is 9.47 Å². The maximum Gasteiger partial charge on any atom is 0.231 e. The predicted octanol–water partition coefficient (Wildman–Crippen LogP) is 2.32. The zero-order valence-electron chi connectivity index (χ0n) is 11.4. The molecule has 1 aromatic rings. The third-order valence-electron chi connectivity index (χ3n) is 4.40. The summed E-state index contributed by atoms with van der Waals surface area (Å²) in [5.41, 5.74) is 1.16. The van der Waals surface area contributed by atoms with Gasteiger partial charge in [-0.05, 0) is 44.6 Å². The second kappa shape index (κ2) is 4.53. The van der Waals surface area contributed by atoms with Gasteiger partial charge in [0.1, 0.15) is 5.78 Å². The molecule has 1 aliphatic heterocycles. The Hall–Kier alpha value is -1.55. The van der Waals surface area contributed by atoms with Crippen LogP contribution in [0, 0.1) is 0 Å². The molecule has 1 fully saturated rings. The lowest BCUT2D eigenvalue weighted by molar-refractivity contribution is -0.122. The zero-order chi connectivity index (χ0) is 13.5. The molecule has 4 heteroatoms. The van der Waals surface area contributed by atoms with Crippen molar-refractivity contribution in [2.45, 2.75) is 31.2 Å². The number of carbonyl (C=O) groups excluding carboxylic acids is 1. The number of hydrogen-bond donors (Lipinski definition) is 0. The topological polar surface area (TPSA) is 38.8 Å². The summed E-state index contributed by atoms with van der Waals surface area (Å²) in [6, 6.07) is 6.14. The number of Topliss-reactive ketones (excluding diaryl/α,β-unsaturated/α-hetero) is 1. The molecule has 0 radical (unpaired) electrons. The molecule has 0 N–H and O–H groups in total. The Labute approximate surface area is 113 Å². The van der Waals surface area contributed by atoms with Crippen molar-refractivity contribution in [3.63, 3.8) is 0 Å². The van der Waals surface area contributed by atoms with Crippen LogP contribution in [0.3, 0.4) is 0 Å². The van der Waals surface area contributed by atoms with E-state index < -0.39 is 0 Å². The molecule has 1 aliphatic carbocycles. The minimum absolute atomic E-state index is 0.0606. The fourth-order valence-corrected chi connectivity index (χ4v) is 3.12. The van der Waals surface area contributed by atoms with E-state index in [0.29, 0.717) is 25.4 Å². The number of fused-ring (bicyclic) bond motifs is 1. The van der Waals surface area contributed by atoms with Gasteiger partial charge in [0.2, 0.25) is 6.79 Å². The van der Waals surface area contributed by atoms with E-state index in [4.69, 9.17) is 9.47 Å². The summed E-state index contributed by atoms with van der Waals surface area (Å²) in [7, 11) is 4.17. The Morgan fingerprint density at radius 2 is 1.79 bits per heavy atom. The Morgan fingerprint density at radius 3 is 2.47 bits per heavy atom. The molecule has 19 heavy (non-hydrogen) atoms. The summed E-state index contributed by atoms with van der Waals surface area (Å²) < 4.78 is 10.8. The number of benzene rings is 1. The summed E-state index contributed by atoms with van der Waals surface area (Å²) in [4.78, 5) is 13.8. The Kier molecular flexibility index (Phi) is 2.97. The highest BCUT2D eigenvalue weighted by Crippen LogP contribution is 2.43. The molecular formula is C15H19NO3. The van der Waals surface area contributed by atoms with E-state index >= 15 is 0 Å². The van der Waals surface area contributed by atoms with Crippen molar-refractivity contribution in [2.24, 2.45) is 0 Å². The molecule has 0 aromatic heterocycles. The maximum absolute atomic E-state index is 11.5. The van der Waals surface area contributed by atoms with Gasteiger partial charge in [0.05, 0.1) is 0 Å². The molecule has 0 saturated heterocycles. The summed E-state index contributed by atoms with van der Waals surface area (Å²) >= 11 is 0. The van der Waals surface area contributed by atoms with Gasteiger partial charge in [0, 0.05) is 18.4 Å². The third kappa shape index (κ3) is 2.00. The standard InChI is InChI=1S/C15H19NO3/c1-16(2)15(7-5-12(17)6-8-15)11-3-4-13-14(9-11)19-10-18-13/h3-4,9H,5-8,10H2,1-2H3. The van der Waals surface area contributed by atoms with E-state index in [0.717, 1.165) is 24.3 Å². The van der Waals surface area contributed by atoms with Crippen molar-refractivity contribution in [3.05, 3.63) is 23.8 Å². The fraction of sp³-hybridized carbons (Fsp3) is 0.533. The highest BCUT2D eigenvalue weighted by Gasteiger charge is 2.39. The molecule has 3 rings (SSSR count). The minimum atomic E-state index is -0.0606. The van der Waals surface area contributed by atoms with Gasteiger partial charge >= 0.3 is 0 Å². The average Bonchev–Trinajstić information content (AvgIpc) is 2.86. The van der Waals surface area contributed by atoms with E-state index in [2.05, 4.69) is 31.1 Å². The van der Waals surface area contributed by atoms with Crippen molar-refractivity contribution in [3.8, 4) is 11.5 Å². The van der Waals surface area contributed by atoms with E-state index in [1.54, 1.807) is 0 Å². The SMILES string of the molecule is CN(C)C1(c2ccc3c(c2)OCO3)CCC(=O)CC1. The minimum Gasteiger partial charge on any atom is -0.454 e. The Balaban J connectivity index is 1.98. The molecule has 0 amide bonds. The normalized spacial score (nSPS) is 20.9. The molecule has 1 heterocycles. The van der Waals surface area contributed by atoms with Gasteiger partial charge in [-0.1, -0.05) is 6.07 Å². The van der Waals surface area contributed by atoms with Gasteiger partial charge in [-0.15, -0.1) is 0 Å². The van der Waals surface area contributed by atoms with Gasteiger partial charge in [-0.3, -0.25) is 9.69 Å². The van der Waals surface area contributed by atoms with Crippen LogP contribution in [0.15, 0.2) is 18.2 Å². The fourth-order valence-electron chi connectivity index (χ4n) is 3.12. The summed E-state index contributed by atoms with van der Waals surface area (Å²) in [5.74, 6) is 2.00. The molecule has 1 aromatic carbocycles. The van der Waals surface area contributed by atoms with Gasteiger partial charge in [-0.2, -0.15) is 0 Å². The van der Waals surface area contributed by atoms with E-state index in [1.165, 1.54) is 5.56 Å². The first-order valence-electron chi connectivity index (χ1n) is 6.71. The number of rotatable bonds is 2. The molecule has 4 nitrogen and oxygen atoms in total. The lowest BCUT2D eigenvalue weighted by atomic mass is 9.75. The van der Waals surface area contributed by atoms with Crippen molar-refractivity contribution >= 4 is 5.78 Å². The summed E-state index contributed by atoms with van der Waals surface area (Å²) in [5, 5.41) is 0. The predicted molar refractivity (Wildman–Crippen MR) is 71.4 cm³/mol. The van der Waals surface area contributed by atoms with Crippen molar-refractivity contribution in [2.75, 3.05) is 20.9 Å². The van der Waals surface area contributed by atoms with Crippen LogP contribution in [-0.2, 0) is 10.3 Å². The largest absolute Gasteiger partial charge is 0.454 e. The number of ether oxygens (including phenoxy) is 2. The van der Waals surface area contributed by atoms with E-state index in [9.17, 15) is 4.79 Å². The van der Waals surface area contributed by atoms with Crippen LogP contribution in [0.2, 0.25) is 0 Å². The first-order chi connectivity index (χ1) is 9.12. The second-order valence-corrected chi connectivity index (χ2v) is 5.53. The van der Waals surface area contributed by atoms with Crippen LogP contribution in [0.5, 0.6) is 11.5 Å². The quantitative estimate of drug-likeness (QED) is 0.819. The molecule has 0 bridgehead atoms. The van der Waals surface area contributed by atoms with Crippen LogP contribution in [0.25, 0.3) is 0 Å². The van der Waals surface area contributed by atoms with Gasteiger partial charge in [0.25, 0.3) is 0 Å². The smallest absolute Gasteiger partial charge is 0.231 e. The first kappa shape index (κ1) is 12.5. The monoisotopic (exact) mass is 261 g/mol. The average molecular weight is 261 g/mol. The first-order valence-corrected chi connectivity index (χ1v) is 6.71. The van der Waals surface area contributed by atoms with E-state index in [1.807, 2.05) is 6.07 Å². The summed E-state index contributed by atoms with van der Waals surface area (Å²) in [6.45, 7) is 0.298. The Bertz CT molecular complexity index is 500. The number of hydrogen-bond acceptors (Lipinski definition) is 4. The third-order valence-corrected chi connectivity index (χ3v) is 4.40. The van der Waals surface area contributed by atoms with Gasteiger partial charge < -0.3 is 9.47 Å². The molecule has 2 aliphatic rings. The molecular weight excluding hydrogens is 242 g/mol. The van der Waals surface area contributed by atoms with Gasteiger partial charge in [-0.25, -0.2) is 0 Å². The highest BCUT2D eigenvalue weighted by molar-refractivity contribution is 5.79. The van der Waals surface area contributed by atoms with Crippen molar-refractivity contribution in [1.29, 1.82) is 0 Å². The molecule has 0 unspecified atom stereocenters. The van der Waals surface area contributed by atoms with Gasteiger partial charge in [0.15, 0.2) is 11.5 Å². The Morgan fingerprint density at radius 1 is 1.11 bits per heavy atom. The van der Waals surface area contributed by atoms with Crippen molar-refractivity contribution in [1.82, 2.24) is 4.90 Å². The lowest BCUT2D eigenvalue weighted by Crippen LogP contribution is -2.44. The van der Waals surface area contributed by atoms with Crippen LogP contribution >= 0.6 is 0 Å². The molecule has 1 saturated carbocycles. The maximum atomic E-state index is 11.5. The lowest BCUT2D eigenvalue weighted by Gasteiger charge is -2.43. The van der Waals surface area contributed by atoms with Crippen LogP contribution in [-0.4, -0.2) is 31.6 Å². The zero-order valence-corrected chi connectivity index (χ0v) is 11.4. The molecule has 102 valence electrons. The van der Waals surface area contributed by atoms with E-state index in [-0.39, 0.29) is 5.54 Å².